The zero-order chi connectivity index (χ0) is 17.7. The fourth-order valence-corrected chi connectivity index (χ4v) is 3.66. The zero-order valence-electron chi connectivity index (χ0n) is 14.2. The third kappa shape index (κ3) is 2.01. The van der Waals surface area contributed by atoms with Crippen LogP contribution < -0.4 is 4.74 Å². The molecule has 5 rings (SSSR count). The van der Waals surface area contributed by atoms with Crippen LogP contribution in [-0.4, -0.2) is 20.1 Å². The van der Waals surface area contributed by atoms with Crippen LogP contribution in [0.5, 0.6) is 5.75 Å². The summed E-state index contributed by atoms with van der Waals surface area (Å²) in [5.74, 6) is 0.659. The van der Waals surface area contributed by atoms with E-state index in [4.69, 9.17) is 4.74 Å². The van der Waals surface area contributed by atoms with Crippen molar-refractivity contribution in [1.29, 1.82) is 0 Å². The average Bonchev–Trinajstić information content (AvgIpc) is 3.22. The molecule has 128 valence electrons. The minimum Gasteiger partial charge on any atom is -0.464 e. The maximum Gasteiger partial charge on any atom is 0.230 e. The summed E-state index contributed by atoms with van der Waals surface area (Å²) < 4.78 is 7.86. The van der Waals surface area contributed by atoms with Crippen LogP contribution in [-0.2, 0) is 5.60 Å². The standard InChI is InChI=1S/C21H17N3O2/c1-14-11-12-19-16(13-14)21(25,15-7-3-2-4-8-15)20(26-19)24-18-10-6-5-9-17(18)22-23-24/h2-13,20,25H,1H3. The highest BCUT2D eigenvalue weighted by atomic mass is 16.5. The molecule has 2 unspecified atom stereocenters. The first kappa shape index (κ1) is 15.1. The lowest BCUT2D eigenvalue weighted by Gasteiger charge is -2.29. The van der Waals surface area contributed by atoms with E-state index in [1.54, 1.807) is 4.68 Å². The van der Waals surface area contributed by atoms with E-state index in [9.17, 15) is 5.11 Å². The number of hydrogen-bond donors (Lipinski definition) is 1. The van der Waals surface area contributed by atoms with E-state index in [0.29, 0.717) is 5.75 Å². The lowest BCUT2D eigenvalue weighted by molar-refractivity contribution is -0.0517. The highest BCUT2D eigenvalue weighted by Gasteiger charge is 2.51. The number of fused-ring (bicyclic) bond motifs is 2. The Balaban J connectivity index is 1.77. The fourth-order valence-electron chi connectivity index (χ4n) is 3.66. The molecule has 0 saturated heterocycles. The van der Waals surface area contributed by atoms with Crippen molar-refractivity contribution in [3.8, 4) is 5.75 Å². The van der Waals surface area contributed by atoms with Crippen molar-refractivity contribution in [1.82, 2.24) is 15.0 Å². The molecule has 1 aliphatic heterocycles. The summed E-state index contributed by atoms with van der Waals surface area (Å²) in [5, 5.41) is 20.4. The van der Waals surface area contributed by atoms with Crippen molar-refractivity contribution in [3.63, 3.8) is 0 Å². The van der Waals surface area contributed by atoms with Crippen molar-refractivity contribution in [2.75, 3.05) is 0 Å². The molecule has 2 atom stereocenters. The fraction of sp³-hybridized carbons (Fsp3) is 0.143. The molecule has 0 spiro atoms. The van der Waals surface area contributed by atoms with Gasteiger partial charge in [0.1, 0.15) is 11.3 Å². The molecule has 0 aliphatic carbocycles. The van der Waals surface area contributed by atoms with Gasteiger partial charge in [-0.25, -0.2) is 4.68 Å². The van der Waals surface area contributed by atoms with Gasteiger partial charge in [-0.3, -0.25) is 0 Å². The monoisotopic (exact) mass is 343 g/mol. The Morgan fingerprint density at radius 3 is 2.62 bits per heavy atom. The topological polar surface area (TPSA) is 60.2 Å². The number of benzene rings is 3. The van der Waals surface area contributed by atoms with Crippen LogP contribution in [0.3, 0.4) is 0 Å². The number of hydrogen-bond acceptors (Lipinski definition) is 4. The molecule has 1 aromatic heterocycles. The van der Waals surface area contributed by atoms with Gasteiger partial charge in [0.05, 0.1) is 5.52 Å². The summed E-state index contributed by atoms with van der Waals surface area (Å²) in [7, 11) is 0. The number of nitrogens with zero attached hydrogens (tertiary/aromatic N) is 3. The Bertz CT molecular complexity index is 1110. The summed E-state index contributed by atoms with van der Waals surface area (Å²) >= 11 is 0. The molecule has 0 saturated carbocycles. The van der Waals surface area contributed by atoms with Crippen LogP contribution in [0, 0.1) is 6.92 Å². The van der Waals surface area contributed by atoms with E-state index in [2.05, 4.69) is 10.3 Å². The molecule has 2 heterocycles. The van der Waals surface area contributed by atoms with E-state index in [-0.39, 0.29) is 0 Å². The summed E-state index contributed by atoms with van der Waals surface area (Å²) in [5.41, 5.74) is 2.78. The number of ether oxygens (including phenoxy) is 1. The molecule has 0 amide bonds. The van der Waals surface area contributed by atoms with Crippen LogP contribution in [0.4, 0.5) is 0 Å². The Morgan fingerprint density at radius 2 is 1.77 bits per heavy atom. The molecule has 3 aromatic carbocycles. The number of rotatable bonds is 2. The predicted octanol–water partition coefficient (Wildman–Crippen LogP) is 3.57. The van der Waals surface area contributed by atoms with Crippen molar-refractivity contribution >= 4 is 11.0 Å². The SMILES string of the molecule is Cc1ccc2c(c1)C(O)(c1ccccc1)C(n1nnc3ccccc31)O2. The van der Waals surface area contributed by atoms with Gasteiger partial charge < -0.3 is 9.84 Å². The third-order valence-corrected chi connectivity index (χ3v) is 4.96. The van der Waals surface area contributed by atoms with Crippen LogP contribution in [0.2, 0.25) is 0 Å². The van der Waals surface area contributed by atoms with E-state index in [1.165, 1.54) is 0 Å². The molecule has 0 radical (unpaired) electrons. The molecule has 0 fully saturated rings. The maximum absolute atomic E-state index is 11.9. The van der Waals surface area contributed by atoms with Gasteiger partial charge in [0, 0.05) is 5.56 Å². The lowest BCUT2D eigenvalue weighted by atomic mass is 9.85. The van der Waals surface area contributed by atoms with Gasteiger partial charge in [-0.1, -0.05) is 59.3 Å². The van der Waals surface area contributed by atoms with Crippen LogP contribution >= 0.6 is 0 Å². The number of aromatic nitrogens is 3. The summed E-state index contributed by atoms with van der Waals surface area (Å²) in [6.45, 7) is 2.00. The molecule has 1 N–H and O–H groups in total. The normalized spacial score (nSPS) is 21.5. The van der Waals surface area contributed by atoms with Gasteiger partial charge in [0.2, 0.25) is 6.23 Å². The molecule has 4 aromatic rings. The van der Waals surface area contributed by atoms with Crippen molar-refractivity contribution < 1.29 is 9.84 Å². The van der Waals surface area contributed by atoms with Gasteiger partial charge in [0.15, 0.2) is 5.60 Å². The Hall–Kier alpha value is -3.18. The molecule has 5 nitrogen and oxygen atoms in total. The Kier molecular flexibility index (Phi) is 3.14. The molecule has 1 aliphatic rings. The third-order valence-electron chi connectivity index (χ3n) is 4.96. The van der Waals surface area contributed by atoms with Gasteiger partial charge >= 0.3 is 0 Å². The van der Waals surface area contributed by atoms with Crippen LogP contribution in [0.15, 0.2) is 72.8 Å². The minimum absolute atomic E-state index is 0.659. The largest absolute Gasteiger partial charge is 0.464 e. The second-order valence-electron chi connectivity index (χ2n) is 6.62. The number of aryl methyl sites for hydroxylation is 1. The van der Waals surface area contributed by atoms with Crippen molar-refractivity contribution in [2.45, 2.75) is 18.8 Å². The first-order chi connectivity index (χ1) is 12.7. The second-order valence-corrected chi connectivity index (χ2v) is 6.62. The average molecular weight is 343 g/mol. The van der Waals surface area contributed by atoms with Crippen LogP contribution in [0.25, 0.3) is 11.0 Å². The summed E-state index contributed by atoms with van der Waals surface area (Å²) in [4.78, 5) is 0. The molecular formula is C21H17N3O2. The lowest BCUT2D eigenvalue weighted by Crippen LogP contribution is -2.37. The highest BCUT2D eigenvalue weighted by Crippen LogP contribution is 2.50. The van der Waals surface area contributed by atoms with Gasteiger partial charge in [-0.2, -0.15) is 0 Å². The van der Waals surface area contributed by atoms with E-state index >= 15 is 0 Å². The van der Waals surface area contributed by atoms with Crippen molar-refractivity contribution in [3.05, 3.63) is 89.5 Å². The van der Waals surface area contributed by atoms with E-state index in [0.717, 1.165) is 27.7 Å². The minimum atomic E-state index is -1.36. The Labute approximate surface area is 150 Å². The first-order valence-corrected chi connectivity index (χ1v) is 8.53. The van der Waals surface area contributed by atoms with Gasteiger partial charge in [-0.05, 0) is 36.8 Å². The second kappa shape index (κ2) is 5.41. The maximum atomic E-state index is 11.9. The van der Waals surface area contributed by atoms with Gasteiger partial charge in [0.25, 0.3) is 0 Å². The Morgan fingerprint density at radius 1 is 1.00 bits per heavy atom. The highest BCUT2D eigenvalue weighted by molar-refractivity contribution is 5.74. The molecule has 26 heavy (non-hydrogen) atoms. The molecule has 5 heteroatoms. The smallest absolute Gasteiger partial charge is 0.230 e. The van der Waals surface area contributed by atoms with E-state index in [1.807, 2.05) is 79.7 Å². The summed E-state index contributed by atoms with van der Waals surface area (Å²) in [6.07, 6.45) is -0.742. The van der Waals surface area contributed by atoms with E-state index < -0.39 is 11.8 Å². The quantitative estimate of drug-likeness (QED) is 0.604. The molecule has 0 bridgehead atoms. The predicted molar refractivity (Wildman–Crippen MR) is 97.8 cm³/mol. The van der Waals surface area contributed by atoms with Crippen molar-refractivity contribution in [2.24, 2.45) is 0 Å². The summed E-state index contributed by atoms with van der Waals surface area (Å²) in [6, 6.07) is 23.1. The number of aliphatic hydroxyl groups is 1. The number of para-hydroxylation sites is 1. The zero-order valence-corrected chi connectivity index (χ0v) is 14.2. The molecular weight excluding hydrogens is 326 g/mol. The first-order valence-electron chi connectivity index (χ1n) is 8.53. The van der Waals surface area contributed by atoms with Gasteiger partial charge in [-0.15, -0.1) is 5.10 Å². The van der Waals surface area contributed by atoms with Crippen LogP contribution in [0.1, 0.15) is 22.9 Å².